The fraction of sp³-hybridized carbons (Fsp3) is 1.00. The molecular weight excluding hydrogens is 128 g/mol. The fourth-order valence-corrected chi connectivity index (χ4v) is 2.42. The highest BCUT2D eigenvalue weighted by atomic mass is 28.3. The first-order valence-corrected chi connectivity index (χ1v) is 7.05. The van der Waals surface area contributed by atoms with Crippen LogP contribution >= 0.6 is 0 Å². The fourth-order valence-electron chi connectivity index (χ4n) is 1.00. The highest BCUT2D eigenvalue weighted by molar-refractivity contribution is 6.77. The van der Waals surface area contributed by atoms with Crippen molar-refractivity contribution in [3.05, 3.63) is 0 Å². The van der Waals surface area contributed by atoms with Crippen LogP contribution in [0.15, 0.2) is 10.2 Å². The molecule has 0 N–H and O–H groups in total. The van der Waals surface area contributed by atoms with Crippen molar-refractivity contribution in [2.24, 2.45) is 10.2 Å². The Labute approximate surface area is 57.4 Å². The maximum atomic E-state index is 4.19. The highest BCUT2D eigenvalue weighted by Crippen LogP contribution is 2.19. The second kappa shape index (κ2) is 2.21. The lowest BCUT2D eigenvalue weighted by Gasteiger charge is -2.19. The maximum absolute atomic E-state index is 4.19. The molecule has 0 bridgehead atoms. The van der Waals surface area contributed by atoms with Crippen molar-refractivity contribution >= 4 is 8.07 Å². The van der Waals surface area contributed by atoms with Crippen LogP contribution in [0, 0.1) is 0 Å². The zero-order valence-corrected chi connectivity index (χ0v) is 7.39. The molecule has 0 spiro atoms. The summed E-state index contributed by atoms with van der Waals surface area (Å²) in [4.78, 5) is 0. The average Bonchev–Trinajstić information content (AvgIpc) is 2.08. The summed E-state index contributed by atoms with van der Waals surface area (Å²) in [5.74, 6) is 0. The molecule has 0 aromatic heterocycles. The third-order valence-corrected chi connectivity index (χ3v) is 4.13. The van der Waals surface area contributed by atoms with Crippen molar-refractivity contribution in [2.75, 3.05) is 6.54 Å². The second-order valence-corrected chi connectivity index (χ2v) is 9.05. The van der Waals surface area contributed by atoms with Gasteiger partial charge in [0.05, 0.1) is 20.3 Å². The summed E-state index contributed by atoms with van der Waals surface area (Å²) < 4.78 is 0. The van der Waals surface area contributed by atoms with E-state index in [-0.39, 0.29) is 0 Å². The van der Waals surface area contributed by atoms with Crippen molar-refractivity contribution in [1.29, 1.82) is 0 Å². The van der Waals surface area contributed by atoms with Gasteiger partial charge >= 0.3 is 0 Å². The number of nitrogens with zero attached hydrogens (tertiary/aromatic N) is 2. The Morgan fingerprint density at radius 2 is 2.00 bits per heavy atom. The van der Waals surface area contributed by atoms with Gasteiger partial charge in [-0.05, 0) is 6.42 Å². The molecule has 1 rings (SSSR count). The van der Waals surface area contributed by atoms with Gasteiger partial charge in [0.25, 0.3) is 0 Å². The van der Waals surface area contributed by atoms with E-state index < -0.39 is 8.07 Å². The van der Waals surface area contributed by atoms with Gasteiger partial charge in [-0.25, -0.2) is 0 Å². The van der Waals surface area contributed by atoms with Gasteiger partial charge in [0, 0.05) is 0 Å². The van der Waals surface area contributed by atoms with Crippen LogP contribution in [0.4, 0.5) is 0 Å². The molecule has 0 saturated heterocycles. The van der Waals surface area contributed by atoms with Gasteiger partial charge in [-0.15, -0.1) is 0 Å². The van der Waals surface area contributed by atoms with Gasteiger partial charge in [0.1, 0.15) is 0 Å². The van der Waals surface area contributed by atoms with Gasteiger partial charge in [0.15, 0.2) is 0 Å². The normalized spacial score (nSPS) is 27.2. The van der Waals surface area contributed by atoms with E-state index in [0.29, 0.717) is 5.67 Å². The van der Waals surface area contributed by atoms with Crippen molar-refractivity contribution in [3.8, 4) is 0 Å². The van der Waals surface area contributed by atoms with Crippen LogP contribution < -0.4 is 0 Å². The molecule has 1 aliphatic heterocycles. The molecule has 0 saturated carbocycles. The molecule has 0 aromatic rings. The Morgan fingerprint density at radius 3 is 2.22 bits per heavy atom. The van der Waals surface area contributed by atoms with Crippen LogP contribution in [0.5, 0.6) is 0 Å². The van der Waals surface area contributed by atoms with Crippen molar-refractivity contribution in [2.45, 2.75) is 31.7 Å². The molecule has 2 nitrogen and oxygen atoms in total. The topological polar surface area (TPSA) is 24.7 Å². The molecule has 0 aliphatic carbocycles. The summed E-state index contributed by atoms with van der Waals surface area (Å²) in [7, 11) is -0.985. The molecule has 0 radical (unpaired) electrons. The minimum atomic E-state index is -0.985. The number of hydrogen-bond acceptors (Lipinski definition) is 2. The Bertz CT molecular complexity index is 126. The second-order valence-electron chi connectivity index (χ2n) is 3.65. The lowest BCUT2D eigenvalue weighted by Crippen LogP contribution is -2.35. The molecule has 1 unspecified atom stereocenters. The summed E-state index contributed by atoms with van der Waals surface area (Å²) in [6.07, 6.45) is 1.20. The van der Waals surface area contributed by atoms with Crippen LogP contribution in [0.3, 0.4) is 0 Å². The Morgan fingerprint density at radius 1 is 1.33 bits per heavy atom. The summed E-state index contributed by atoms with van der Waals surface area (Å²) in [6.45, 7) is 8.01. The first kappa shape index (κ1) is 6.93. The summed E-state index contributed by atoms with van der Waals surface area (Å²) >= 11 is 0. The van der Waals surface area contributed by atoms with Gasteiger partial charge in [-0.1, -0.05) is 19.6 Å². The monoisotopic (exact) mass is 142 g/mol. The van der Waals surface area contributed by atoms with Crippen LogP contribution in [0.25, 0.3) is 0 Å². The first-order chi connectivity index (χ1) is 4.11. The van der Waals surface area contributed by atoms with Crippen LogP contribution in [0.1, 0.15) is 6.42 Å². The van der Waals surface area contributed by atoms with E-state index in [4.69, 9.17) is 0 Å². The van der Waals surface area contributed by atoms with Gasteiger partial charge in [0.2, 0.25) is 0 Å². The van der Waals surface area contributed by atoms with E-state index in [9.17, 15) is 0 Å². The van der Waals surface area contributed by atoms with Gasteiger partial charge in [-0.2, -0.15) is 10.2 Å². The van der Waals surface area contributed by atoms with Crippen LogP contribution in [-0.2, 0) is 0 Å². The summed E-state index contributed by atoms with van der Waals surface area (Å²) in [5.41, 5.74) is 0.609. The largest absolute Gasteiger partial charge is 0.194 e. The smallest absolute Gasteiger partial charge is 0.0756 e. The number of rotatable bonds is 1. The van der Waals surface area contributed by atoms with E-state index in [1.165, 1.54) is 6.42 Å². The van der Waals surface area contributed by atoms with Crippen LogP contribution in [-0.4, -0.2) is 20.3 Å². The summed E-state index contributed by atoms with van der Waals surface area (Å²) in [6, 6.07) is 0. The van der Waals surface area contributed by atoms with E-state index in [0.717, 1.165) is 6.54 Å². The van der Waals surface area contributed by atoms with Crippen molar-refractivity contribution < 1.29 is 0 Å². The number of azo groups is 1. The Kier molecular flexibility index (Phi) is 1.70. The Balaban J connectivity index is 2.53. The summed E-state index contributed by atoms with van der Waals surface area (Å²) in [5, 5.41) is 8.18. The minimum Gasteiger partial charge on any atom is -0.194 e. The number of hydrogen-bond donors (Lipinski definition) is 0. The maximum Gasteiger partial charge on any atom is 0.0756 e. The standard InChI is InChI=1S/C6H14N2Si/c1-9(2,3)6-4-5-7-8-6/h6H,4-5H2,1-3H3. The van der Waals surface area contributed by atoms with Gasteiger partial charge < -0.3 is 0 Å². The SMILES string of the molecule is C[Si](C)(C)C1CCN=N1. The molecule has 0 aromatic carbocycles. The molecule has 1 heterocycles. The third kappa shape index (κ3) is 1.61. The predicted molar refractivity (Wildman–Crippen MR) is 41.5 cm³/mol. The first-order valence-electron chi connectivity index (χ1n) is 3.47. The predicted octanol–water partition coefficient (Wildman–Crippen LogP) is 2.09. The average molecular weight is 142 g/mol. The van der Waals surface area contributed by atoms with E-state index in [1.807, 2.05) is 0 Å². The lowest BCUT2D eigenvalue weighted by atomic mass is 10.5. The molecule has 9 heavy (non-hydrogen) atoms. The zero-order chi connectivity index (χ0) is 6.91. The minimum absolute atomic E-state index is 0.609. The van der Waals surface area contributed by atoms with Crippen molar-refractivity contribution in [3.63, 3.8) is 0 Å². The van der Waals surface area contributed by atoms with Crippen LogP contribution in [0.2, 0.25) is 19.6 Å². The zero-order valence-electron chi connectivity index (χ0n) is 6.39. The molecule has 0 fully saturated rings. The third-order valence-electron chi connectivity index (χ3n) is 1.72. The van der Waals surface area contributed by atoms with E-state index in [2.05, 4.69) is 29.9 Å². The quantitative estimate of drug-likeness (QED) is 0.501. The molecule has 0 amide bonds. The molecule has 52 valence electrons. The lowest BCUT2D eigenvalue weighted by molar-refractivity contribution is 0.871. The van der Waals surface area contributed by atoms with Gasteiger partial charge in [-0.3, -0.25) is 0 Å². The van der Waals surface area contributed by atoms with E-state index in [1.54, 1.807) is 0 Å². The van der Waals surface area contributed by atoms with Crippen molar-refractivity contribution in [1.82, 2.24) is 0 Å². The highest BCUT2D eigenvalue weighted by Gasteiger charge is 2.28. The van der Waals surface area contributed by atoms with E-state index >= 15 is 0 Å². The molecular formula is C6H14N2Si. The molecule has 1 atom stereocenters. The Hall–Kier alpha value is -0.183. The molecule has 1 aliphatic rings. The molecule has 3 heteroatoms.